The molecule has 1 aliphatic rings. The average molecular weight is 226 g/mol. The average Bonchev–Trinajstić information content (AvgIpc) is 2.04. The fourth-order valence-corrected chi connectivity index (χ4v) is 2.75. The molecule has 2 heteroatoms. The van der Waals surface area contributed by atoms with Crippen molar-refractivity contribution < 1.29 is 9.90 Å². The smallest absolute Gasteiger partial charge is 0.136 e. The summed E-state index contributed by atoms with van der Waals surface area (Å²) in [6.07, 6.45) is 0.832. The molecule has 1 fully saturated rings. The molecule has 0 saturated heterocycles. The summed E-state index contributed by atoms with van der Waals surface area (Å²) in [6.45, 7) is 12.6. The zero-order valence-electron chi connectivity index (χ0n) is 11.5. The number of aliphatic hydroxyl groups is 1. The zero-order chi connectivity index (χ0) is 12.7. The van der Waals surface area contributed by atoms with Crippen LogP contribution in [0, 0.1) is 22.7 Å². The number of Topliss-reactive ketones (excluding diaryl/α,β-unsaturated/α-hetero) is 1. The number of rotatable bonds is 0. The summed E-state index contributed by atoms with van der Waals surface area (Å²) in [4.78, 5) is 12.1. The van der Waals surface area contributed by atoms with Crippen molar-refractivity contribution >= 4 is 5.78 Å². The third kappa shape index (κ3) is 2.85. The first-order valence-corrected chi connectivity index (χ1v) is 6.24. The number of ketones is 1. The Balaban J connectivity index is 2.83. The topological polar surface area (TPSA) is 37.3 Å². The SMILES string of the molecule is CC(C)(C)[C@H]1C[C@H](O)[C@@H](C(C)(C)C)CC1=O. The minimum Gasteiger partial charge on any atom is -0.393 e. The lowest BCUT2D eigenvalue weighted by molar-refractivity contribution is -0.138. The Morgan fingerprint density at radius 1 is 1.06 bits per heavy atom. The molecular weight excluding hydrogens is 200 g/mol. The fraction of sp³-hybridized carbons (Fsp3) is 0.929. The van der Waals surface area contributed by atoms with Gasteiger partial charge in [0.1, 0.15) is 5.78 Å². The molecule has 0 bridgehead atoms. The van der Waals surface area contributed by atoms with Gasteiger partial charge in [-0.05, 0) is 23.2 Å². The van der Waals surface area contributed by atoms with E-state index < -0.39 is 0 Å². The number of hydrogen-bond donors (Lipinski definition) is 1. The molecule has 94 valence electrons. The molecule has 0 aliphatic heterocycles. The molecule has 0 heterocycles. The van der Waals surface area contributed by atoms with E-state index in [4.69, 9.17) is 0 Å². The molecule has 1 N–H and O–H groups in total. The molecule has 1 rings (SSSR count). The standard InChI is InChI=1S/C14H26O2/c1-13(2,3)9-7-12(16)10(8-11(9)15)14(4,5)6/h9-11,15H,7-8H2,1-6H3/t9-,10-,11-/m0/s1. The van der Waals surface area contributed by atoms with E-state index >= 15 is 0 Å². The van der Waals surface area contributed by atoms with E-state index in [1.807, 2.05) is 0 Å². The van der Waals surface area contributed by atoms with Crippen LogP contribution >= 0.6 is 0 Å². The molecule has 2 nitrogen and oxygen atoms in total. The predicted molar refractivity (Wildman–Crippen MR) is 66.1 cm³/mol. The molecule has 0 amide bonds. The maximum atomic E-state index is 12.1. The van der Waals surface area contributed by atoms with Crippen LogP contribution in [-0.4, -0.2) is 17.0 Å². The molecule has 0 spiro atoms. The monoisotopic (exact) mass is 226 g/mol. The summed E-state index contributed by atoms with van der Waals surface area (Å²) >= 11 is 0. The number of carbonyl (C=O) groups excluding carboxylic acids is 1. The van der Waals surface area contributed by atoms with Crippen molar-refractivity contribution in [2.75, 3.05) is 0 Å². The predicted octanol–water partition coefficient (Wildman–Crippen LogP) is 3.03. The maximum Gasteiger partial charge on any atom is 0.136 e. The van der Waals surface area contributed by atoms with Crippen LogP contribution in [0.5, 0.6) is 0 Å². The van der Waals surface area contributed by atoms with Crippen LogP contribution in [0.2, 0.25) is 0 Å². The van der Waals surface area contributed by atoms with Crippen molar-refractivity contribution in [3.63, 3.8) is 0 Å². The highest BCUT2D eigenvalue weighted by Gasteiger charge is 2.44. The lowest BCUT2D eigenvalue weighted by Gasteiger charge is -2.43. The number of hydrogen-bond acceptors (Lipinski definition) is 2. The van der Waals surface area contributed by atoms with E-state index in [0.717, 1.165) is 0 Å². The Kier molecular flexibility index (Phi) is 3.54. The van der Waals surface area contributed by atoms with Gasteiger partial charge in [0.05, 0.1) is 6.10 Å². The van der Waals surface area contributed by atoms with Crippen LogP contribution in [0.3, 0.4) is 0 Å². The van der Waals surface area contributed by atoms with Gasteiger partial charge in [-0.15, -0.1) is 0 Å². The molecule has 3 atom stereocenters. The van der Waals surface area contributed by atoms with Crippen LogP contribution in [0.4, 0.5) is 0 Å². The first kappa shape index (κ1) is 13.7. The summed E-state index contributed by atoms with van der Waals surface area (Å²) in [7, 11) is 0. The molecule has 0 unspecified atom stereocenters. The zero-order valence-corrected chi connectivity index (χ0v) is 11.5. The molecule has 0 aromatic heterocycles. The summed E-state index contributed by atoms with van der Waals surface area (Å²) in [5, 5.41) is 10.2. The minimum atomic E-state index is -0.332. The summed E-state index contributed by atoms with van der Waals surface area (Å²) < 4.78 is 0. The molecule has 1 saturated carbocycles. The molecular formula is C14H26O2. The number of carbonyl (C=O) groups is 1. The Bertz CT molecular complexity index is 267. The van der Waals surface area contributed by atoms with E-state index in [-0.39, 0.29) is 28.8 Å². The third-order valence-electron chi connectivity index (χ3n) is 3.91. The van der Waals surface area contributed by atoms with E-state index in [9.17, 15) is 9.90 Å². The van der Waals surface area contributed by atoms with E-state index in [1.165, 1.54) is 0 Å². The summed E-state index contributed by atoms with van der Waals surface area (Å²) in [5.74, 6) is 0.456. The highest BCUT2D eigenvalue weighted by Crippen LogP contribution is 2.43. The minimum absolute atomic E-state index is 0.0118. The first-order valence-electron chi connectivity index (χ1n) is 6.24. The van der Waals surface area contributed by atoms with Gasteiger partial charge in [-0.2, -0.15) is 0 Å². The summed E-state index contributed by atoms with van der Waals surface area (Å²) in [5.41, 5.74) is -0.0150. The second-order valence-corrected chi connectivity index (χ2v) is 7.36. The maximum absolute atomic E-state index is 12.1. The van der Waals surface area contributed by atoms with Crippen LogP contribution in [0.25, 0.3) is 0 Å². The van der Waals surface area contributed by atoms with Gasteiger partial charge in [-0.25, -0.2) is 0 Å². The van der Waals surface area contributed by atoms with Crippen molar-refractivity contribution in [3.05, 3.63) is 0 Å². The van der Waals surface area contributed by atoms with Crippen molar-refractivity contribution in [2.24, 2.45) is 22.7 Å². The number of aliphatic hydroxyl groups excluding tert-OH is 1. The van der Waals surface area contributed by atoms with Crippen LogP contribution < -0.4 is 0 Å². The molecule has 16 heavy (non-hydrogen) atoms. The quantitative estimate of drug-likeness (QED) is 0.689. The van der Waals surface area contributed by atoms with Gasteiger partial charge in [0, 0.05) is 12.3 Å². The van der Waals surface area contributed by atoms with Crippen molar-refractivity contribution in [2.45, 2.75) is 60.5 Å². The van der Waals surface area contributed by atoms with Crippen molar-refractivity contribution in [1.82, 2.24) is 0 Å². The molecule has 0 radical (unpaired) electrons. The van der Waals surface area contributed by atoms with Crippen LogP contribution in [0.1, 0.15) is 54.4 Å². The second-order valence-electron chi connectivity index (χ2n) is 7.36. The normalized spacial score (nSPS) is 32.9. The van der Waals surface area contributed by atoms with E-state index in [1.54, 1.807) is 0 Å². The lowest BCUT2D eigenvalue weighted by atomic mass is 9.62. The third-order valence-corrected chi connectivity index (χ3v) is 3.91. The van der Waals surface area contributed by atoms with Gasteiger partial charge in [-0.1, -0.05) is 41.5 Å². The second kappa shape index (κ2) is 4.14. The van der Waals surface area contributed by atoms with Gasteiger partial charge in [0.25, 0.3) is 0 Å². The fourth-order valence-electron chi connectivity index (χ4n) is 2.75. The molecule has 0 aromatic carbocycles. The Morgan fingerprint density at radius 3 is 1.94 bits per heavy atom. The highest BCUT2D eigenvalue weighted by atomic mass is 16.3. The van der Waals surface area contributed by atoms with Gasteiger partial charge in [-0.3, -0.25) is 4.79 Å². The summed E-state index contributed by atoms with van der Waals surface area (Å²) in [6, 6.07) is 0. The molecule has 0 aromatic rings. The first-order chi connectivity index (χ1) is 7.03. The highest BCUT2D eigenvalue weighted by molar-refractivity contribution is 5.83. The Hall–Kier alpha value is -0.370. The Labute approximate surface area is 99.4 Å². The van der Waals surface area contributed by atoms with Crippen LogP contribution in [-0.2, 0) is 4.79 Å². The van der Waals surface area contributed by atoms with E-state index in [0.29, 0.717) is 18.6 Å². The van der Waals surface area contributed by atoms with Gasteiger partial charge < -0.3 is 5.11 Å². The van der Waals surface area contributed by atoms with Gasteiger partial charge in [0.2, 0.25) is 0 Å². The molecule has 1 aliphatic carbocycles. The Morgan fingerprint density at radius 2 is 1.56 bits per heavy atom. The lowest BCUT2D eigenvalue weighted by Crippen LogP contribution is -2.45. The van der Waals surface area contributed by atoms with Gasteiger partial charge >= 0.3 is 0 Å². The van der Waals surface area contributed by atoms with Crippen molar-refractivity contribution in [1.29, 1.82) is 0 Å². The largest absolute Gasteiger partial charge is 0.393 e. The van der Waals surface area contributed by atoms with E-state index in [2.05, 4.69) is 41.5 Å². The van der Waals surface area contributed by atoms with Gasteiger partial charge in [0.15, 0.2) is 0 Å². The van der Waals surface area contributed by atoms with Crippen LogP contribution in [0.15, 0.2) is 0 Å². The van der Waals surface area contributed by atoms with Crippen molar-refractivity contribution in [3.8, 4) is 0 Å².